The fourth-order valence-corrected chi connectivity index (χ4v) is 2.09. The normalized spacial score (nSPS) is 17.0. The molecule has 10 heteroatoms. The maximum Gasteiger partial charge on any atom is 0.353 e. The number of ether oxygens (including phenoxy) is 1. The molecule has 118 valence electrons. The first-order valence-corrected chi connectivity index (χ1v) is 6.55. The molecule has 3 amide bonds. The summed E-state index contributed by atoms with van der Waals surface area (Å²) in [4.78, 5) is 23.0. The fraction of sp³-hybridized carbons (Fsp3) is 0.333. The van der Waals surface area contributed by atoms with Crippen molar-refractivity contribution in [2.24, 2.45) is 0 Å². The molecule has 0 spiro atoms. The second-order valence-corrected chi connectivity index (χ2v) is 4.68. The lowest BCUT2D eigenvalue weighted by atomic mass is 10.2. The van der Waals surface area contributed by atoms with Crippen LogP contribution in [0.1, 0.15) is 6.42 Å². The van der Waals surface area contributed by atoms with Crippen LogP contribution >= 0.6 is 0 Å². The molecule has 2 aliphatic rings. The zero-order valence-electron chi connectivity index (χ0n) is 11.4. The van der Waals surface area contributed by atoms with Crippen LogP contribution < -0.4 is 26.1 Å². The Morgan fingerprint density at radius 2 is 2.14 bits per heavy atom. The minimum Gasteiger partial charge on any atom is -0.481 e. The molecule has 22 heavy (non-hydrogen) atoms. The first-order valence-electron chi connectivity index (χ1n) is 6.55. The molecule has 8 nitrogen and oxygen atoms in total. The molecule has 3 rings (SSSR count). The van der Waals surface area contributed by atoms with Gasteiger partial charge in [-0.25, -0.2) is 19.6 Å². The largest absolute Gasteiger partial charge is 0.481 e. The molecule has 1 aromatic rings. The molecule has 1 fully saturated rings. The number of anilines is 2. The highest BCUT2D eigenvalue weighted by atomic mass is 19.1. The number of nitrogens with one attached hydrogen (secondary N) is 3. The van der Waals surface area contributed by atoms with E-state index in [4.69, 9.17) is 4.74 Å². The number of amides is 3. The Kier molecular flexibility index (Phi) is 3.67. The summed E-state index contributed by atoms with van der Waals surface area (Å²) in [7, 11) is 0. The summed E-state index contributed by atoms with van der Waals surface area (Å²) in [5.74, 6) is -0.802. The van der Waals surface area contributed by atoms with Gasteiger partial charge < -0.3 is 10.1 Å². The minimum absolute atomic E-state index is 0.0133. The lowest BCUT2D eigenvalue weighted by Gasteiger charge is -2.23. The Hall–Kier alpha value is -2.62. The van der Waals surface area contributed by atoms with Gasteiger partial charge in [-0.2, -0.15) is 5.12 Å². The number of alkyl halides is 1. The molecule has 0 aromatic heterocycles. The standard InChI is InChI=1S/C12H13F2N5O3/c13-2-1-3-18-12(21)16-19(17-18)9-5-8-10(4-7(9)14)22-6-11(20)15-8/h4-5,17H,1-3,6H2,(H,15,20)(H,16,21). The van der Waals surface area contributed by atoms with E-state index in [1.807, 2.05) is 0 Å². The van der Waals surface area contributed by atoms with Crippen molar-refractivity contribution in [1.82, 2.24) is 16.0 Å². The van der Waals surface area contributed by atoms with Gasteiger partial charge >= 0.3 is 6.03 Å². The van der Waals surface area contributed by atoms with Gasteiger partial charge in [0.05, 0.1) is 12.4 Å². The van der Waals surface area contributed by atoms with Crippen LogP contribution in [0.2, 0.25) is 0 Å². The van der Waals surface area contributed by atoms with E-state index in [2.05, 4.69) is 16.3 Å². The van der Waals surface area contributed by atoms with Crippen LogP contribution in [-0.2, 0) is 4.79 Å². The average Bonchev–Trinajstić information content (AvgIpc) is 2.85. The second-order valence-electron chi connectivity index (χ2n) is 4.68. The molecule has 0 radical (unpaired) electrons. The fourth-order valence-electron chi connectivity index (χ4n) is 2.09. The van der Waals surface area contributed by atoms with E-state index in [-0.39, 0.29) is 36.9 Å². The number of rotatable bonds is 4. The van der Waals surface area contributed by atoms with E-state index in [0.717, 1.165) is 16.2 Å². The number of carbonyl (C=O) groups is 2. The first-order chi connectivity index (χ1) is 10.6. The summed E-state index contributed by atoms with van der Waals surface area (Å²) in [6.45, 7) is -0.616. The average molecular weight is 313 g/mol. The molecule has 1 saturated heterocycles. The van der Waals surface area contributed by atoms with Crippen molar-refractivity contribution in [2.45, 2.75) is 6.42 Å². The molecule has 0 unspecified atom stereocenters. The predicted octanol–water partition coefficient (Wildman–Crippen LogP) is 0.682. The molecule has 1 aromatic carbocycles. The number of hydrogen-bond donors (Lipinski definition) is 3. The Bertz CT molecular complexity index is 627. The van der Waals surface area contributed by atoms with Gasteiger partial charge in [-0.05, 0) is 12.5 Å². The van der Waals surface area contributed by atoms with Crippen molar-refractivity contribution in [3.63, 3.8) is 0 Å². The molecule has 3 N–H and O–H groups in total. The summed E-state index contributed by atoms with van der Waals surface area (Å²) in [5, 5.41) is 4.72. The Morgan fingerprint density at radius 1 is 1.32 bits per heavy atom. The van der Waals surface area contributed by atoms with Gasteiger partial charge in [0.25, 0.3) is 5.91 Å². The van der Waals surface area contributed by atoms with Crippen molar-refractivity contribution in [3.05, 3.63) is 17.9 Å². The molecular formula is C12H13F2N5O3. The number of urea groups is 1. The maximum atomic E-state index is 14.1. The zero-order valence-corrected chi connectivity index (χ0v) is 11.4. The molecular weight excluding hydrogens is 300 g/mol. The van der Waals surface area contributed by atoms with Crippen LogP contribution in [0.15, 0.2) is 12.1 Å². The number of fused-ring (bicyclic) bond motifs is 1. The highest BCUT2D eigenvalue weighted by Gasteiger charge is 2.30. The third kappa shape index (κ3) is 2.60. The molecule has 0 bridgehead atoms. The Balaban J connectivity index is 1.82. The van der Waals surface area contributed by atoms with Crippen molar-refractivity contribution in [1.29, 1.82) is 0 Å². The summed E-state index contributed by atoms with van der Waals surface area (Å²) in [6.07, 6.45) is 0.158. The number of nitrogens with zero attached hydrogens (tertiary/aromatic N) is 2. The molecule has 2 aliphatic heterocycles. The molecule has 0 aliphatic carbocycles. The van der Waals surface area contributed by atoms with E-state index in [9.17, 15) is 18.4 Å². The lowest BCUT2D eigenvalue weighted by molar-refractivity contribution is -0.118. The summed E-state index contributed by atoms with van der Waals surface area (Å²) in [6, 6.07) is 1.90. The number of hydrogen-bond acceptors (Lipinski definition) is 5. The lowest BCUT2D eigenvalue weighted by Crippen LogP contribution is -2.43. The quantitative estimate of drug-likeness (QED) is 0.761. The van der Waals surface area contributed by atoms with Crippen LogP contribution in [0.4, 0.5) is 25.0 Å². The third-order valence-electron chi connectivity index (χ3n) is 3.11. The van der Waals surface area contributed by atoms with Gasteiger partial charge in [0.1, 0.15) is 11.4 Å². The van der Waals surface area contributed by atoms with Crippen molar-refractivity contribution in [3.8, 4) is 5.75 Å². The third-order valence-corrected chi connectivity index (χ3v) is 3.11. The monoisotopic (exact) mass is 313 g/mol. The number of benzene rings is 1. The van der Waals surface area contributed by atoms with Gasteiger partial charge in [0, 0.05) is 12.6 Å². The second kappa shape index (κ2) is 5.64. The van der Waals surface area contributed by atoms with Crippen LogP contribution in [0.5, 0.6) is 5.75 Å². The van der Waals surface area contributed by atoms with Crippen LogP contribution in [0.25, 0.3) is 0 Å². The van der Waals surface area contributed by atoms with E-state index >= 15 is 0 Å². The molecule has 0 saturated carbocycles. The van der Waals surface area contributed by atoms with E-state index in [1.165, 1.54) is 6.07 Å². The highest BCUT2D eigenvalue weighted by molar-refractivity contribution is 5.96. The van der Waals surface area contributed by atoms with E-state index < -0.39 is 18.5 Å². The minimum atomic E-state index is -0.657. The molecule has 0 atom stereocenters. The summed E-state index contributed by atoms with van der Waals surface area (Å²) >= 11 is 0. The van der Waals surface area contributed by atoms with Crippen LogP contribution in [0, 0.1) is 5.82 Å². The molecule has 2 heterocycles. The Labute approximate surface area is 123 Å². The van der Waals surface area contributed by atoms with Gasteiger partial charge in [0.15, 0.2) is 12.4 Å². The first kappa shape index (κ1) is 14.3. The van der Waals surface area contributed by atoms with Gasteiger partial charge in [-0.3, -0.25) is 9.18 Å². The zero-order chi connectivity index (χ0) is 15.7. The van der Waals surface area contributed by atoms with Crippen LogP contribution in [-0.4, -0.2) is 36.8 Å². The van der Waals surface area contributed by atoms with E-state index in [1.54, 1.807) is 0 Å². The smallest absolute Gasteiger partial charge is 0.353 e. The maximum absolute atomic E-state index is 14.1. The number of hydrazine groups is 3. The summed E-state index contributed by atoms with van der Waals surface area (Å²) in [5.41, 5.74) is 5.26. The van der Waals surface area contributed by atoms with Crippen molar-refractivity contribution < 1.29 is 23.1 Å². The number of carbonyl (C=O) groups excluding carboxylic acids is 2. The highest BCUT2D eigenvalue weighted by Crippen LogP contribution is 2.34. The van der Waals surface area contributed by atoms with E-state index in [0.29, 0.717) is 5.69 Å². The van der Waals surface area contributed by atoms with Crippen LogP contribution in [0.3, 0.4) is 0 Å². The van der Waals surface area contributed by atoms with Crippen molar-refractivity contribution >= 4 is 23.3 Å². The predicted molar refractivity (Wildman–Crippen MR) is 72.0 cm³/mol. The summed E-state index contributed by atoms with van der Waals surface area (Å²) < 4.78 is 31.4. The topological polar surface area (TPSA) is 85.9 Å². The van der Waals surface area contributed by atoms with Gasteiger partial charge in [0.2, 0.25) is 0 Å². The van der Waals surface area contributed by atoms with Gasteiger partial charge in [-0.1, -0.05) is 0 Å². The Morgan fingerprint density at radius 3 is 2.91 bits per heavy atom. The van der Waals surface area contributed by atoms with Gasteiger partial charge in [-0.15, -0.1) is 5.53 Å². The SMILES string of the molecule is O=C1COc2cc(F)c(N3NC(=O)N(CCCF)N3)cc2N1. The number of halogens is 2. The van der Waals surface area contributed by atoms with Crippen molar-refractivity contribution in [2.75, 3.05) is 30.3 Å².